The first kappa shape index (κ1) is 9.67. The molecule has 0 unspecified atom stereocenters. The van der Waals surface area contributed by atoms with Gasteiger partial charge in [0.2, 0.25) is 0 Å². The van der Waals surface area contributed by atoms with Gasteiger partial charge in [0.1, 0.15) is 0 Å². The first-order chi connectivity index (χ1) is 7.24. The van der Waals surface area contributed by atoms with Crippen molar-refractivity contribution in [3.63, 3.8) is 0 Å². The van der Waals surface area contributed by atoms with Gasteiger partial charge in [0, 0.05) is 19.5 Å². The smallest absolute Gasteiger partial charge is 0.263 e. The van der Waals surface area contributed by atoms with Crippen LogP contribution in [0.2, 0.25) is 0 Å². The van der Waals surface area contributed by atoms with E-state index < -0.39 is 0 Å². The minimum atomic E-state index is -0.224. The summed E-state index contributed by atoms with van der Waals surface area (Å²) < 4.78 is 6.17. The first-order valence-electron chi connectivity index (χ1n) is 4.41. The van der Waals surface area contributed by atoms with E-state index in [9.17, 15) is 9.90 Å². The van der Waals surface area contributed by atoms with E-state index in [0.29, 0.717) is 5.56 Å². The molecule has 0 bridgehead atoms. The van der Waals surface area contributed by atoms with Gasteiger partial charge in [0.05, 0.1) is 12.2 Å². The third kappa shape index (κ3) is 1.57. The van der Waals surface area contributed by atoms with Crippen molar-refractivity contribution in [1.29, 1.82) is 0 Å². The molecule has 5 heteroatoms. The van der Waals surface area contributed by atoms with Crippen LogP contribution in [-0.4, -0.2) is 21.6 Å². The normalized spacial score (nSPS) is 10.7. The summed E-state index contributed by atoms with van der Waals surface area (Å²) in [6.45, 7) is 0.213. The zero-order chi connectivity index (χ0) is 10.8. The van der Waals surface area contributed by atoms with Gasteiger partial charge >= 0.3 is 0 Å². The monoisotopic (exact) mass is 206 g/mol. The Morgan fingerprint density at radius 3 is 3.13 bits per heavy atom. The van der Waals surface area contributed by atoms with Gasteiger partial charge in [-0.3, -0.25) is 9.20 Å². The van der Waals surface area contributed by atoms with Crippen molar-refractivity contribution in [1.82, 2.24) is 9.38 Å². The minimum absolute atomic E-state index is 0.0152. The molecule has 0 amide bonds. The van der Waals surface area contributed by atoms with Crippen LogP contribution in [-0.2, 0) is 11.3 Å². The van der Waals surface area contributed by atoms with Gasteiger partial charge in [0.15, 0.2) is 11.4 Å². The van der Waals surface area contributed by atoms with Gasteiger partial charge in [0.25, 0.3) is 5.56 Å². The van der Waals surface area contributed by atoms with Crippen molar-refractivity contribution in [2.24, 2.45) is 0 Å². The van der Waals surface area contributed by atoms with E-state index in [0.717, 1.165) is 0 Å². The molecule has 0 fully saturated rings. The Morgan fingerprint density at radius 1 is 1.60 bits per heavy atom. The fourth-order valence-corrected chi connectivity index (χ4v) is 1.38. The molecule has 0 aliphatic carbocycles. The second-order valence-electron chi connectivity index (χ2n) is 3.11. The Labute approximate surface area is 85.6 Å². The number of fused-ring (bicyclic) bond motifs is 1. The average molecular weight is 206 g/mol. The maximum atomic E-state index is 11.8. The molecule has 0 saturated carbocycles. The molecule has 0 saturated heterocycles. The first-order valence-corrected chi connectivity index (χ1v) is 4.41. The lowest BCUT2D eigenvalue weighted by atomic mass is 10.3. The molecule has 15 heavy (non-hydrogen) atoms. The molecule has 2 aromatic heterocycles. The van der Waals surface area contributed by atoms with Crippen LogP contribution >= 0.6 is 0 Å². The number of aromatic nitrogens is 2. The highest BCUT2D eigenvalue weighted by molar-refractivity contribution is 5.51. The summed E-state index contributed by atoms with van der Waals surface area (Å²) in [5, 5.41) is 9.46. The molecule has 1 N–H and O–H groups in total. The molecular formula is C10H10N2O3. The Balaban J connectivity index is 2.75. The SMILES string of the molecule is COCc1cnc2c(O)cccn2c1=O. The maximum Gasteiger partial charge on any atom is 0.263 e. The molecule has 78 valence electrons. The van der Waals surface area contributed by atoms with E-state index >= 15 is 0 Å². The molecule has 0 atom stereocenters. The number of hydrogen-bond donors (Lipinski definition) is 1. The van der Waals surface area contributed by atoms with Gasteiger partial charge in [-0.2, -0.15) is 0 Å². The van der Waals surface area contributed by atoms with Crippen molar-refractivity contribution in [3.05, 3.63) is 40.4 Å². The second-order valence-corrected chi connectivity index (χ2v) is 3.11. The molecule has 0 aliphatic heterocycles. The largest absolute Gasteiger partial charge is 0.504 e. The standard InChI is InChI=1S/C10H10N2O3/c1-15-6-7-5-11-9-8(13)3-2-4-12(9)10(7)14/h2-5,13H,6H2,1H3. The van der Waals surface area contributed by atoms with Crippen LogP contribution in [0.25, 0.3) is 5.65 Å². The van der Waals surface area contributed by atoms with E-state index in [1.165, 1.54) is 23.8 Å². The highest BCUT2D eigenvalue weighted by Gasteiger charge is 2.06. The molecule has 2 rings (SSSR count). The van der Waals surface area contributed by atoms with Crippen LogP contribution in [0.3, 0.4) is 0 Å². The van der Waals surface area contributed by atoms with Crippen molar-refractivity contribution in [2.45, 2.75) is 6.61 Å². The third-order valence-electron chi connectivity index (χ3n) is 2.08. The molecule has 2 heterocycles. The summed E-state index contributed by atoms with van der Waals surface area (Å²) in [6.07, 6.45) is 2.98. The molecule has 5 nitrogen and oxygen atoms in total. The Bertz CT molecular complexity index is 548. The lowest BCUT2D eigenvalue weighted by molar-refractivity contribution is 0.183. The van der Waals surface area contributed by atoms with E-state index in [1.807, 2.05) is 0 Å². The van der Waals surface area contributed by atoms with Crippen LogP contribution in [0.4, 0.5) is 0 Å². The predicted octanol–water partition coefficient (Wildman–Crippen LogP) is 0.546. The van der Waals surface area contributed by atoms with Crippen LogP contribution in [0.1, 0.15) is 5.56 Å². The molecule has 0 spiro atoms. The fraction of sp³-hybridized carbons (Fsp3) is 0.200. The summed E-state index contributed by atoms with van der Waals surface area (Å²) >= 11 is 0. The van der Waals surface area contributed by atoms with E-state index in [-0.39, 0.29) is 23.6 Å². The summed E-state index contributed by atoms with van der Waals surface area (Å²) in [5.74, 6) is -0.0152. The highest BCUT2D eigenvalue weighted by Crippen LogP contribution is 2.12. The van der Waals surface area contributed by atoms with Gasteiger partial charge < -0.3 is 9.84 Å². The maximum absolute atomic E-state index is 11.8. The fourth-order valence-electron chi connectivity index (χ4n) is 1.38. The van der Waals surface area contributed by atoms with Gasteiger partial charge in [-0.1, -0.05) is 0 Å². The molecule has 0 aromatic carbocycles. The van der Waals surface area contributed by atoms with E-state index in [4.69, 9.17) is 4.74 Å². The number of aromatic hydroxyl groups is 1. The quantitative estimate of drug-likeness (QED) is 0.779. The number of methoxy groups -OCH3 is 1. The van der Waals surface area contributed by atoms with Crippen LogP contribution in [0.15, 0.2) is 29.3 Å². The van der Waals surface area contributed by atoms with Crippen LogP contribution in [0, 0.1) is 0 Å². The molecule has 0 aliphatic rings. The number of pyridine rings is 1. The topological polar surface area (TPSA) is 63.8 Å². The average Bonchev–Trinajstić information content (AvgIpc) is 2.23. The lowest BCUT2D eigenvalue weighted by Crippen LogP contribution is -2.19. The van der Waals surface area contributed by atoms with E-state index in [1.54, 1.807) is 12.3 Å². The van der Waals surface area contributed by atoms with Crippen molar-refractivity contribution in [3.8, 4) is 5.75 Å². The summed E-state index contributed by atoms with van der Waals surface area (Å²) in [5.41, 5.74) is 0.487. The van der Waals surface area contributed by atoms with Gasteiger partial charge in [-0.15, -0.1) is 0 Å². The summed E-state index contributed by atoms with van der Waals surface area (Å²) in [6, 6.07) is 3.07. The van der Waals surface area contributed by atoms with E-state index in [2.05, 4.69) is 4.98 Å². The Morgan fingerprint density at radius 2 is 2.40 bits per heavy atom. The number of rotatable bonds is 2. The van der Waals surface area contributed by atoms with Crippen molar-refractivity contribution >= 4 is 5.65 Å². The predicted molar refractivity (Wildman–Crippen MR) is 53.8 cm³/mol. The second kappa shape index (κ2) is 3.70. The summed E-state index contributed by atoms with van der Waals surface area (Å²) in [4.78, 5) is 15.8. The summed E-state index contributed by atoms with van der Waals surface area (Å²) in [7, 11) is 1.51. The Hall–Kier alpha value is -1.88. The molecule has 2 aromatic rings. The zero-order valence-electron chi connectivity index (χ0n) is 8.17. The Kier molecular flexibility index (Phi) is 2.39. The zero-order valence-corrected chi connectivity index (χ0v) is 8.17. The van der Waals surface area contributed by atoms with Crippen molar-refractivity contribution in [2.75, 3.05) is 7.11 Å². The van der Waals surface area contributed by atoms with Crippen LogP contribution < -0.4 is 5.56 Å². The number of ether oxygens (including phenoxy) is 1. The van der Waals surface area contributed by atoms with Crippen LogP contribution in [0.5, 0.6) is 5.75 Å². The van der Waals surface area contributed by atoms with Gasteiger partial charge in [-0.05, 0) is 12.1 Å². The molecule has 0 radical (unpaired) electrons. The minimum Gasteiger partial charge on any atom is -0.504 e. The van der Waals surface area contributed by atoms with Gasteiger partial charge in [-0.25, -0.2) is 4.98 Å². The number of hydrogen-bond acceptors (Lipinski definition) is 4. The van der Waals surface area contributed by atoms with Crippen molar-refractivity contribution < 1.29 is 9.84 Å². The lowest BCUT2D eigenvalue weighted by Gasteiger charge is -2.03. The molecular weight excluding hydrogens is 196 g/mol. The third-order valence-corrected chi connectivity index (χ3v) is 2.08. The highest BCUT2D eigenvalue weighted by atomic mass is 16.5. The number of nitrogens with zero attached hydrogens (tertiary/aromatic N) is 2.